The number of hydrogen-bond acceptors (Lipinski definition) is 7. The molecule has 1 fully saturated rings. The van der Waals surface area contributed by atoms with Crippen molar-refractivity contribution < 1.29 is 32.2 Å². The van der Waals surface area contributed by atoms with E-state index in [4.69, 9.17) is 4.74 Å². The van der Waals surface area contributed by atoms with Gasteiger partial charge in [0.1, 0.15) is 11.4 Å². The van der Waals surface area contributed by atoms with E-state index >= 15 is 0 Å². The number of amides is 1. The number of hydrogen-bond donors (Lipinski definition) is 1. The van der Waals surface area contributed by atoms with Crippen LogP contribution in [0.5, 0.6) is 5.75 Å². The second kappa shape index (κ2) is 11.4. The molecule has 1 amide bonds. The van der Waals surface area contributed by atoms with E-state index in [1.165, 1.54) is 12.1 Å². The summed E-state index contributed by atoms with van der Waals surface area (Å²) in [6.45, 7) is 8.15. The third kappa shape index (κ3) is 9.68. The summed E-state index contributed by atoms with van der Waals surface area (Å²) >= 11 is 0. The number of carbonyl (C=O) groups excluding carboxylic acids is 2. The Morgan fingerprint density at radius 2 is 1.94 bits per heavy atom. The van der Waals surface area contributed by atoms with Crippen LogP contribution in [0.4, 0.5) is 29.3 Å². The second-order valence-corrected chi connectivity index (χ2v) is 8.80. The maximum atomic E-state index is 12.6. The molecule has 1 saturated heterocycles. The Kier molecular flexibility index (Phi) is 9.09. The van der Waals surface area contributed by atoms with Gasteiger partial charge in [0, 0.05) is 45.3 Å². The second-order valence-electron chi connectivity index (χ2n) is 8.80. The summed E-state index contributed by atoms with van der Waals surface area (Å²) in [5.74, 6) is -0.358. The summed E-state index contributed by atoms with van der Waals surface area (Å²) in [5.41, 5.74) is 0.225. The zero-order valence-corrected chi connectivity index (χ0v) is 19.3. The van der Waals surface area contributed by atoms with Gasteiger partial charge in [-0.2, -0.15) is 0 Å². The number of nitrogens with one attached hydrogen (secondary N) is 1. The Labute approximate surface area is 191 Å². The van der Waals surface area contributed by atoms with E-state index in [0.717, 1.165) is 38.2 Å². The van der Waals surface area contributed by atoms with Gasteiger partial charge in [0.15, 0.2) is 6.29 Å². The molecular formula is C22H31F3N4O4. The summed E-state index contributed by atoms with van der Waals surface area (Å²) < 4.78 is 47.1. The molecule has 1 N–H and O–H groups in total. The fourth-order valence-corrected chi connectivity index (χ4v) is 3.41. The first kappa shape index (κ1) is 26.4. The maximum absolute atomic E-state index is 12.6. The molecule has 2 rings (SSSR count). The standard InChI is InChI=1S/C22H31F3N4O4/c1-21(2,3)33-20(31)27-16-7-10-29(11-8-16)13-12-28(4)19-15-17(32-22(23,24)25)5-6-18(19)26-9-14-30/h5-6,9,14-16H,7-8,10-13H2,1-4H3,(H,27,31). The van der Waals surface area contributed by atoms with E-state index in [0.29, 0.717) is 30.8 Å². The van der Waals surface area contributed by atoms with Crippen LogP contribution in [0, 0.1) is 0 Å². The molecule has 11 heteroatoms. The lowest BCUT2D eigenvalue weighted by molar-refractivity contribution is -0.274. The molecule has 1 aromatic rings. The SMILES string of the molecule is CN(CCN1CCC(NC(=O)OC(C)(C)C)CC1)c1cc(OC(F)(F)F)ccc1N=CC=O. The molecule has 33 heavy (non-hydrogen) atoms. The number of anilines is 1. The van der Waals surface area contributed by atoms with Crippen molar-refractivity contribution in [3.05, 3.63) is 18.2 Å². The van der Waals surface area contributed by atoms with E-state index in [2.05, 4.69) is 19.9 Å². The minimum Gasteiger partial charge on any atom is -0.444 e. The number of aliphatic imine (C=N–C) groups is 1. The highest BCUT2D eigenvalue weighted by Crippen LogP contribution is 2.34. The lowest BCUT2D eigenvalue weighted by Crippen LogP contribution is -2.47. The van der Waals surface area contributed by atoms with Crippen LogP contribution in [-0.2, 0) is 9.53 Å². The molecule has 1 aliphatic rings. The van der Waals surface area contributed by atoms with E-state index in [1.807, 2.05) is 20.8 Å². The van der Waals surface area contributed by atoms with Crippen LogP contribution < -0.4 is 15.0 Å². The van der Waals surface area contributed by atoms with Crippen molar-refractivity contribution in [3.63, 3.8) is 0 Å². The zero-order chi connectivity index (χ0) is 24.6. The third-order valence-corrected chi connectivity index (χ3v) is 4.93. The first-order valence-electron chi connectivity index (χ1n) is 10.7. The molecule has 0 atom stereocenters. The molecule has 0 radical (unpaired) electrons. The van der Waals surface area contributed by atoms with Crippen LogP contribution in [0.2, 0.25) is 0 Å². The number of alkyl carbamates (subject to hydrolysis) is 1. The van der Waals surface area contributed by atoms with Crippen molar-refractivity contribution >= 4 is 30.0 Å². The number of halogens is 3. The maximum Gasteiger partial charge on any atom is 0.573 e. The Morgan fingerprint density at radius 3 is 2.52 bits per heavy atom. The molecule has 1 aromatic carbocycles. The van der Waals surface area contributed by atoms with Gasteiger partial charge >= 0.3 is 12.5 Å². The van der Waals surface area contributed by atoms with E-state index in [-0.39, 0.29) is 11.8 Å². The number of carbonyl (C=O) groups is 2. The molecule has 0 saturated carbocycles. The summed E-state index contributed by atoms with van der Waals surface area (Å²) in [6.07, 6.45) is -2.15. The highest BCUT2D eigenvalue weighted by molar-refractivity contribution is 6.14. The number of nitrogens with zero attached hydrogens (tertiary/aromatic N) is 3. The average molecular weight is 473 g/mol. The van der Waals surface area contributed by atoms with Gasteiger partial charge < -0.3 is 24.6 Å². The van der Waals surface area contributed by atoms with E-state index in [9.17, 15) is 22.8 Å². The van der Waals surface area contributed by atoms with Crippen molar-refractivity contribution in [1.29, 1.82) is 0 Å². The van der Waals surface area contributed by atoms with E-state index in [1.54, 1.807) is 11.9 Å². The van der Waals surface area contributed by atoms with Gasteiger partial charge in [0.05, 0.1) is 17.6 Å². The van der Waals surface area contributed by atoms with Crippen LogP contribution in [-0.4, -0.2) is 74.7 Å². The van der Waals surface area contributed by atoms with Gasteiger partial charge in [0.2, 0.25) is 0 Å². The number of likely N-dealkylation sites (tertiary alicyclic amines) is 1. The molecule has 8 nitrogen and oxygen atoms in total. The Bertz CT molecular complexity index is 832. The van der Waals surface area contributed by atoms with Crippen LogP contribution in [0.25, 0.3) is 0 Å². The Balaban J connectivity index is 1.92. The van der Waals surface area contributed by atoms with Crippen molar-refractivity contribution in [1.82, 2.24) is 10.2 Å². The van der Waals surface area contributed by atoms with Gasteiger partial charge in [-0.1, -0.05) is 0 Å². The zero-order valence-electron chi connectivity index (χ0n) is 19.3. The summed E-state index contributed by atoms with van der Waals surface area (Å²) in [7, 11) is 1.74. The highest BCUT2D eigenvalue weighted by Gasteiger charge is 2.31. The van der Waals surface area contributed by atoms with Crippen LogP contribution >= 0.6 is 0 Å². The van der Waals surface area contributed by atoms with Gasteiger partial charge in [-0.25, -0.2) is 4.79 Å². The first-order chi connectivity index (χ1) is 15.4. The average Bonchev–Trinajstić information content (AvgIpc) is 2.69. The Hall–Kier alpha value is -2.82. The number of aldehydes is 1. The number of likely N-dealkylation sites (N-methyl/N-ethyl adjacent to an activating group) is 1. The predicted octanol–water partition coefficient (Wildman–Crippen LogP) is 3.91. The number of alkyl halides is 3. The van der Waals surface area contributed by atoms with Crippen molar-refractivity contribution in [2.24, 2.45) is 4.99 Å². The fraction of sp³-hybridized carbons (Fsp3) is 0.591. The van der Waals surface area contributed by atoms with Crippen LogP contribution in [0.3, 0.4) is 0 Å². The quantitative estimate of drug-likeness (QED) is 0.456. The third-order valence-electron chi connectivity index (χ3n) is 4.93. The molecule has 184 valence electrons. The summed E-state index contributed by atoms with van der Waals surface area (Å²) in [5, 5.41) is 2.89. The van der Waals surface area contributed by atoms with Gasteiger partial charge in [0.25, 0.3) is 0 Å². The largest absolute Gasteiger partial charge is 0.573 e. The lowest BCUT2D eigenvalue weighted by Gasteiger charge is -2.34. The monoisotopic (exact) mass is 472 g/mol. The fourth-order valence-electron chi connectivity index (χ4n) is 3.41. The van der Waals surface area contributed by atoms with E-state index < -0.39 is 18.1 Å². The smallest absolute Gasteiger partial charge is 0.444 e. The molecule has 0 spiro atoms. The normalized spacial score (nSPS) is 16.0. The summed E-state index contributed by atoms with van der Waals surface area (Å²) in [4.78, 5) is 30.6. The molecule has 0 unspecified atom stereocenters. The molecule has 0 aromatic heterocycles. The number of benzene rings is 1. The van der Waals surface area contributed by atoms with Gasteiger partial charge in [-0.3, -0.25) is 9.79 Å². The minimum absolute atomic E-state index is 0.0364. The van der Waals surface area contributed by atoms with Crippen LogP contribution in [0.15, 0.2) is 23.2 Å². The molecule has 0 bridgehead atoms. The molecule has 1 heterocycles. The van der Waals surface area contributed by atoms with Crippen molar-refractivity contribution in [2.75, 3.05) is 38.1 Å². The van der Waals surface area contributed by atoms with Crippen molar-refractivity contribution in [3.8, 4) is 5.75 Å². The molecular weight excluding hydrogens is 441 g/mol. The minimum atomic E-state index is -4.80. The molecule has 0 aliphatic carbocycles. The van der Waals surface area contributed by atoms with Crippen LogP contribution in [0.1, 0.15) is 33.6 Å². The number of piperidine rings is 1. The van der Waals surface area contributed by atoms with Gasteiger partial charge in [-0.15, -0.1) is 13.2 Å². The predicted molar refractivity (Wildman–Crippen MR) is 119 cm³/mol. The lowest BCUT2D eigenvalue weighted by atomic mass is 10.1. The highest BCUT2D eigenvalue weighted by atomic mass is 19.4. The topological polar surface area (TPSA) is 83.5 Å². The molecule has 1 aliphatic heterocycles. The number of rotatable bonds is 8. The number of ether oxygens (including phenoxy) is 2. The van der Waals surface area contributed by atoms with Crippen molar-refractivity contribution in [2.45, 2.75) is 51.6 Å². The first-order valence-corrected chi connectivity index (χ1v) is 10.7. The summed E-state index contributed by atoms with van der Waals surface area (Å²) in [6, 6.07) is 3.82. The Morgan fingerprint density at radius 1 is 1.27 bits per heavy atom. The van der Waals surface area contributed by atoms with Gasteiger partial charge in [-0.05, 0) is 45.7 Å².